The molecule has 0 unspecified atom stereocenters. The SMILES string of the molecule is CCN1C(=O)C(Nc2ccc(OC(C)C)cc2)=C(c2ccc([N+](=O)[O-])cc2)C1=O. The third kappa shape index (κ3) is 4.11. The Hall–Kier alpha value is -3.68. The van der Waals surface area contributed by atoms with E-state index in [-0.39, 0.29) is 29.6 Å². The van der Waals surface area contributed by atoms with E-state index < -0.39 is 16.7 Å². The molecule has 0 aromatic heterocycles. The fraction of sp³-hybridized carbons (Fsp3) is 0.238. The van der Waals surface area contributed by atoms with E-state index in [1.54, 1.807) is 31.2 Å². The molecule has 1 aliphatic rings. The topological polar surface area (TPSA) is 102 Å². The van der Waals surface area contributed by atoms with E-state index in [4.69, 9.17) is 4.74 Å². The summed E-state index contributed by atoms with van der Waals surface area (Å²) in [6.07, 6.45) is 0.0393. The number of nitrogens with zero attached hydrogens (tertiary/aromatic N) is 2. The van der Waals surface area contributed by atoms with E-state index in [9.17, 15) is 19.7 Å². The van der Waals surface area contributed by atoms with Gasteiger partial charge in [-0.3, -0.25) is 24.6 Å². The molecule has 3 rings (SSSR count). The zero-order chi connectivity index (χ0) is 21.1. The zero-order valence-electron chi connectivity index (χ0n) is 16.3. The first kappa shape index (κ1) is 20.1. The van der Waals surface area contributed by atoms with E-state index >= 15 is 0 Å². The molecule has 2 aromatic rings. The van der Waals surface area contributed by atoms with Crippen LogP contribution in [0.3, 0.4) is 0 Å². The molecule has 0 saturated heterocycles. The first-order valence-electron chi connectivity index (χ1n) is 9.20. The molecule has 0 radical (unpaired) electrons. The Morgan fingerprint density at radius 2 is 1.66 bits per heavy atom. The molecule has 0 atom stereocenters. The minimum Gasteiger partial charge on any atom is -0.491 e. The molecule has 1 aliphatic heterocycles. The number of nitrogens with one attached hydrogen (secondary N) is 1. The summed E-state index contributed by atoms with van der Waals surface area (Å²) in [5.41, 5.74) is 1.30. The van der Waals surface area contributed by atoms with Gasteiger partial charge in [0.05, 0.1) is 16.6 Å². The smallest absolute Gasteiger partial charge is 0.278 e. The number of amides is 2. The second-order valence-corrected chi connectivity index (χ2v) is 6.72. The molecule has 0 spiro atoms. The molecule has 2 aromatic carbocycles. The normalized spacial score (nSPS) is 14.0. The second-order valence-electron chi connectivity index (χ2n) is 6.72. The van der Waals surface area contributed by atoms with Crippen LogP contribution >= 0.6 is 0 Å². The number of nitro groups is 1. The van der Waals surface area contributed by atoms with Gasteiger partial charge in [0.25, 0.3) is 17.5 Å². The van der Waals surface area contributed by atoms with Gasteiger partial charge in [-0.2, -0.15) is 0 Å². The van der Waals surface area contributed by atoms with Crippen LogP contribution < -0.4 is 10.1 Å². The van der Waals surface area contributed by atoms with Gasteiger partial charge in [0.15, 0.2) is 0 Å². The van der Waals surface area contributed by atoms with E-state index in [0.717, 1.165) is 4.90 Å². The number of non-ortho nitro benzene ring substituents is 1. The van der Waals surface area contributed by atoms with Crippen LogP contribution in [0.2, 0.25) is 0 Å². The summed E-state index contributed by atoms with van der Waals surface area (Å²) in [7, 11) is 0. The molecular formula is C21H21N3O5. The predicted molar refractivity (Wildman–Crippen MR) is 108 cm³/mol. The molecule has 8 heteroatoms. The predicted octanol–water partition coefficient (Wildman–Crippen LogP) is 3.59. The van der Waals surface area contributed by atoms with Crippen LogP contribution in [0.5, 0.6) is 5.75 Å². The van der Waals surface area contributed by atoms with Crippen LogP contribution in [0.15, 0.2) is 54.2 Å². The van der Waals surface area contributed by atoms with Crippen LogP contribution in [0.4, 0.5) is 11.4 Å². The second kappa shape index (κ2) is 8.14. The van der Waals surface area contributed by atoms with Gasteiger partial charge in [-0.05, 0) is 62.7 Å². The first-order valence-corrected chi connectivity index (χ1v) is 9.20. The number of imide groups is 1. The standard InChI is InChI=1S/C21H21N3O5/c1-4-23-20(25)18(14-5-9-16(10-6-14)24(27)28)19(21(23)26)22-15-7-11-17(12-8-15)29-13(2)3/h5-13,22H,4H2,1-3H3. The summed E-state index contributed by atoms with van der Waals surface area (Å²) in [4.78, 5) is 37.1. The molecule has 0 saturated carbocycles. The van der Waals surface area contributed by atoms with Crippen LogP contribution in [0.1, 0.15) is 26.3 Å². The van der Waals surface area contributed by atoms with E-state index in [1.807, 2.05) is 13.8 Å². The molecule has 0 bridgehead atoms. The molecule has 1 heterocycles. The van der Waals surface area contributed by atoms with Crippen molar-refractivity contribution in [3.05, 3.63) is 69.9 Å². The van der Waals surface area contributed by atoms with Crippen LogP contribution in [-0.4, -0.2) is 34.3 Å². The number of rotatable bonds is 7. The van der Waals surface area contributed by atoms with Crippen molar-refractivity contribution in [3.8, 4) is 5.75 Å². The third-order valence-corrected chi connectivity index (χ3v) is 4.35. The average Bonchev–Trinajstić information content (AvgIpc) is 2.92. The van der Waals surface area contributed by atoms with Gasteiger partial charge in [-0.1, -0.05) is 0 Å². The molecule has 8 nitrogen and oxygen atoms in total. The van der Waals surface area contributed by atoms with Gasteiger partial charge in [-0.25, -0.2) is 0 Å². The highest BCUT2D eigenvalue weighted by molar-refractivity contribution is 6.36. The van der Waals surface area contributed by atoms with Gasteiger partial charge in [0.2, 0.25) is 0 Å². The van der Waals surface area contributed by atoms with E-state index in [1.165, 1.54) is 24.3 Å². The fourth-order valence-corrected chi connectivity index (χ4v) is 3.03. The lowest BCUT2D eigenvalue weighted by Crippen LogP contribution is -2.32. The Labute approximate surface area is 167 Å². The Bertz CT molecular complexity index is 978. The van der Waals surface area contributed by atoms with Gasteiger partial charge in [-0.15, -0.1) is 0 Å². The highest BCUT2D eigenvalue weighted by atomic mass is 16.6. The summed E-state index contributed by atoms with van der Waals surface area (Å²) in [6.45, 7) is 5.79. The lowest BCUT2D eigenvalue weighted by atomic mass is 10.0. The summed E-state index contributed by atoms with van der Waals surface area (Å²) in [6, 6.07) is 12.6. The average molecular weight is 395 g/mol. The number of hydrogen-bond donors (Lipinski definition) is 1. The van der Waals surface area contributed by atoms with Gasteiger partial charge in [0.1, 0.15) is 11.4 Å². The van der Waals surface area contributed by atoms with Crippen LogP contribution in [0.25, 0.3) is 5.57 Å². The largest absolute Gasteiger partial charge is 0.491 e. The summed E-state index contributed by atoms with van der Waals surface area (Å²) in [5, 5.41) is 13.9. The van der Waals surface area contributed by atoms with Crippen molar-refractivity contribution < 1.29 is 19.2 Å². The molecule has 0 fully saturated rings. The van der Waals surface area contributed by atoms with Crippen molar-refractivity contribution in [1.29, 1.82) is 0 Å². The summed E-state index contributed by atoms with van der Waals surface area (Å²) in [5.74, 6) is -0.180. The molecule has 150 valence electrons. The lowest BCUT2D eigenvalue weighted by Gasteiger charge is -2.13. The monoisotopic (exact) mass is 395 g/mol. The summed E-state index contributed by atoms with van der Waals surface area (Å²) < 4.78 is 5.61. The maximum absolute atomic E-state index is 12.8. The lowest BCUT2D eigenvalue weighted by molar-refractivity contribution is -0.384. The molecule has 29 heavy (non-hydrogen) atoms. The quantitative estimate of drug-likeness (QED) is 0.437. The number of hydrogen-bond acceptors (Lipinski definition) is 6. The van der Waals surface area contributed by atoms with Crippen molar-refractivity contribution in [2.45, 2.75) is 26.9 Å². The van der Waals surface area contributed by atoms with Crippen molar-refractivity contribution >= 4 is 28.8 Å². The Balaban J connectivity index is 1.97. The number of benzene rings is 2. The third-order valence-electron chi connectivity index (χ3n) is 4.35. The fourth-order valence-electron chi connectivity index (χ4n) is 3.03. The van der Waals surface area contributed by atoms with Crippen LogP contribution in [-0.2, 0) is 9.59 Å². The number of ether oxygens (including phenoxy) is 1. The van der Waals surface area contributed by atoms with E-state index in [0.29, 0.717) is 17.0 Å². The number of likely N-dealkylation sites (N-methyl/N-ethyl adjacent to an activating group) is 1. The maximum atomic E-state index is 12.8. The Kier molecular flexibility index (Phi) is 5.63. The first-order chi connectivity index (χ1) is 13.8. The number of carbonyl (C=O) groups is 2. The zero-order valence-corrected chi connectivity index (χ0v) is 16.3. The molecule has 0 aliphatic carbocycles. The van der Waals surface area contributed by atoms with Crippen LogP contribution in [0, 0.1) is 10.1 Å². The molecule has 1 N–H and O–H groups in total. The highest BCUT2D eigenvalue weighted by Gasteiger charge is 2.38. The maximum Gasteiger partial charge on any atom is 0.278 e. The van der Waals surface area contributed by atoms with Crippen molar-refractivity contribution in [2.24, 2.45) is 0 Å². The van der Waals surface area contributed by atoms with Gasteiger partial charge in [0, 0.05) is 24.4 Å². The van der Waals surface area contributed by atoms with Crippen molar-refractivity contribution in [1.82, 2.24) is 4.90 Å². The number of nitro benzene ring substituents is 1. The Morgan fingerprint density at radius 1 is 1.03 bits per heavy atom. The highest BCUT2D eigenvalue weighted by Crippen LogP contribution is 2.31. The minimum atomic E-state index is -0.516. The van der Waals surface area contributed by atoms with Crippen molar-refractivity contribution in [3.63, 3.8) is 0 Å². The molecular weight excluding hydrogens is 374 g/mol. The summed E-state index contributed by atoms with van der Waals surface area (Å²) >= 11 is 0. The molecule has 2 amide bonds. The number of carbonyl (C=O) groups excluding carboxylic acids is 2. The van der Waals surface area contributed by atoms with Gasteiger partial charge >= 0.3 is 0 Å². The minimum absolute atomic E-state index is 0.0393. The van der Waals surface area contributed by atoms with Crippen molar-refractivity contribution in [2.75, 3.05) is 11.9 Å². The van der Waals surface area contributed by atoms with Gasteiger partial charge < -0.3 is 10.1 Å². The van der Waals surface area contributed by atoms with E-state index in [2.05, 4.69) is 5.32 Å². The Morgan fingerprint density at radius 3 is 2.17 bits per heavy atom. The number of anilines is 1.